The highest BCUT2D eigenvalue weighted by Crippen LogP contribution is 2.13. The molecule has 1 unspecified atom stereocenters. The fraction of sp³-hybridized carbons (Fsp3) is 0.167. The molecule has 0 amide bonds. The molecule has 1 aliphatic rings. The highest BCUT2D eigenvalue weighted by molar-refractivity contribution is 7.97. The summed E-state index contributed by atoms with van der Waals surface area (Å²) in [6.45, 7) is 0. The average molecular weight is 142 g/mol. The first-order chi connectivity index (χ1) is 4.33. The van der Waals surface area contributed by atoms with Crippen molar-refractivity contribution in [2.75, 3.05) is 0 Å². The van der Waals surface area contributed by atoms with Crippen LogP contribution in [0.15, 0.2) is 28.9 Å². The Morgan fingerprint density at radius 2 is 2.44 bits per heavy atom. The van der Waals surface area contributed by atoms with Crippen LogP contribution < -0.4 is 0 Å². The van der Waals surface area contributed by atoms with E-state index in [2.05, 4.69) is 5.73 Å². The normalized spacial score (nSPS) is 24.2. The summed E-state index contributed by atoms with van der Waals surface area (Å²) in [6, 6.07) is 0. The van der Waals surface area contributed by atoms with Gasteiger partial charge in [0, 0.05) is 12.0 Å². The van der Waals surface area contributed by atoms with E-state index in [4.69, 9.17) is 9.66 Å². The molecular weight excluding hydrogens is 136 g/mol. The predicted molar refractivity (Wildman–Crippen MR) is 37.0 cm³/mol. The van der Waals surface area contributed by atoms with Crippen LogP contribution in [0.25, 0.3) is 0 Å². The summed E-state index contributed by atoms with van der Waals surface area (Å²) < 4.78 is 8.44. The Hall–Kier alpha value is -0.470. The summed E-state index contributed by atoms with van der Waals surface area (Å²) in [5, 5.41) is 8.81. The van der Waals surface area contributed by atoms with Gasteiger partial charge in [-0.3, -0.25) is 0 Å². The molecule has 0 spiro atoms. The highest BCUT2D eigenvalue weighted by Gasteiger charge is 1.97. The Bertz CT molecular complexity index is 189. The fourth-order valence-electron chi connectivity index (χ4n) is 0.514. The van der Waals surface area contributed by atoms with Gasteiger partial charge in [0.15, 0.2) is 0 Å². The van der Waals surface area contributed by atoms with Gasteiger partial charge in [0.2, 0.25) is 0 Å². The first kappa shape index (κ1) is 6.65. The topological polar surface area (TPSA) is 40.5 Å². The van der Waals surface area contributed by atoms with Crippen LogP contribution in [0.3, 0.4) is 0 Å². The molecule has 0 aromatic rings. The van der Waals surface area contributed by atoms with Gasteiger partial charge < -0.3 is 9.66 Å². The minimum atomic E-state index is -0.541. The van der Waals surface area contributed by atoms with E-state index in [1.807, 2.05) is 0 Å². The monoisotopic (exact) mass is 142 g/mol. The van der Waals surface area contributed by atoms with Crippen molar-refractivity contribution in [3.8, 4) is 0 Å². The zero-order valence-electron chi connectivity index (χ0n) is 4.61. The molecule has 0 aromatic heterocycles. The highest BCUT2D eigenvalue weighted by atomic mass is 32.2. The number of aliphatic hydroxyl groups excluding tert-OH is 1. The van der Waals surface area contributed by atoms with Crippen LogP contribution >= 0.6 is 12.0 Å². The van der Waals surface area contributed by atoms with Crippen molar-refractivity contribution in [3.63, 3.8) is 0 Å². The van der Waals surface area contributed by atoms with Gasteiger partial charge in [-0.1, -0.05) is 0 Å². The van der Waals surface area contributed by atoms with Gasteiger partial charge in [-0.2, -0.15) is 0 Å². The van der Waals surface area contributed by atoms with E-state index in [9.17, 15) is 0 Å². The number of hydrogen-bond acceptors (Lipinski definition) is 3. The molecule has 1 atom stereocenters. The summed E-state index contributed by atoms with van der Waals surface area (Å²) in [5.74, 6) is 0. The third kappa shape index (κ3) is 1.73. The van der Waals surface area contributed by atoms with Crippen molar-refractivity contribution in [3.05, 3.63) is 28.9 Å². The summed E-state index contributed by atoms with van der Waals surface area (Å²) in [6.07, 6.45) is 4.14. The van der Waals surface area contributed by atoms with Gasteiger partial charge in [0.1, 0.15) is 0 Å². The fourth-order valence-corrected chi connectivity index (χ4v) is 0.774. The lowest BCUT2D eigenvalue weighted by atomic mass is 10.2. The molecule has 9 heavy (non-hydrogen) atoms. The molecule has 0 radical (unpaired) electrons. The van der Waals surface area contributed by atoms with Crippen LogP contribution in [-0.2, 0) is 0 Å². The minimum Gasteiger partial charge on any atom is -0.384 e. The second kappa shape index (κ2) is 2.90. The Labute approximate surface area is 57.4 Å². The van der Waals surface area contributed by atoms with Gasteiger partial charge in [-0.25, -0.2) is 0 Å². The molecule has 0 bridgehead atoms. The van der Waals surface area contributed by atoms with E-state index < -0.39 is 6.10 Å². The molecule has 0 heterocycles. The maximum atomic E-state index is 8.81. The SMILES string of the molecule is OSC1=C=CC(O)C=C1. The number of hydrogen-bond donors (Lipinski definition) is 2. The molecule has 0 aromatic carbocycles. The van der Waals surface area contributed by atoms with E-state index in [1.54, 1.807) is 12.2 Å². The third-order valence-corrected chi connectivity index (χ3v) is 1.39. The van der Waals surface area contributed by atoms with Gasteiger partial charge in [0.05, 0.1) is 11.0 Å². The molecule has 2 nitrogen and oxygen atoms in total. The molecule has 0 aliphatic heterocycles. The summed E-state index contributed by atoms with van der Waals surface area (Å²) in [4.78, 5) is 0.625. The number of rotatable bonds is 1. The molecular formula is C6H6O2S. The van der Waals surface area contributed by atoms with E-state index >= 15 is 0 Å². The predicted octanol–water partition coefficient (Wildman–Crippen LogP) is 1.16. The van der Waals surface area contributed by atoms with Crippen molar-refractivity contribution < 1.29 is 9.66 Å². The van der Waals surface area contributed by atoms with Gasteiger partial charge in [-0.05, 0) is 18.2 Å². The molecule has 48 valence electrons. The molecule has 3 heteroatoms. The third-order valence-electron chi connectivity index (χ3n) is 0.939. The first-order valence-corrected chi connectivity index (χ1v) is 3.25. The first-order valence-electron chi connectivity index (χ1n) is 2.47. The van der Waals surface area contributed by atoms with Crippen molar-refractivity contribution in [2.45, 2.75) is 6.10 Å². The van der Waals surface area contributed by atoms with E-state index in [1.165, 1.54) is 6.08 Å². The van der Waals surface area contributed by atoms with E-state index in [0.717, 1.165) is 0 Å². The maximum Gasteiger partial charge on any atom is 0.0980 e. The standard InChI is InChI=1S/C6H6O2S/c7-5-1-3-6(9-8)4-2-5/h1-3,5,7-8H. The van der Waals surface area contributed by atoms with Gasteiger partial charge in [0.25, 0.3) is 0 Å². The van der Waals surface area contributed by atoms with Gasteiger partial charge >= 0.3 is 0 Å². The van der Waals surface area contributed by atoms with Crippen LogP contribution in [0.2, 0.25) is 0 Å². The second-order valence-corrected chi connectivity index (χ2v) is 2.24. The van der Waals surface area contributed by atoms with Crippen molar-refractivity contribution in [2.24, 2.45) is 0 Å². The minimum absolute atomic E-state index is 0.541. The van der Waals surface area contributed by atoms with Crippen LogP contribution in [0.1, 0.15) is 0 Å². The van der Waals surface area contributed by atoms with Crippen LogP contribution in [0.4, 0.5) is 0 Å². The molecule has 2 N–H and O–H groups in total. The van der Waals surface area contributed by atoms with Crippen LogP contribution in [0.5, 0.6) is 0 Å². The molecule has 0 fully saturated rings. The average Bonchev–Trinajstić information content (AvgIpc) is 1.90. The molecule has 0 saturated carbocycles. The molecule has 1 rings (SSSR count). The summed E-state index contributed by atoms with van der Waals surface area (Å²) in [7, 11) is 0. The van der Waals surface area contributed by atoms with Crippen molar-refractivity contribution >= 4 is 12.0 Å². The van der Waals surface area contributed by atoms with Crippen LogP contribution in [-0.4, -0.2) is 15.8 Å². The van der Waals surface area contributed by atoms with Crippen LogP contribution in [0, 0.1) is 0 Å². The zero-order valence-corrected chi connectivity index (χ0v) is 5.43. The molecule has 0 saturated heterocycles. The Morgan fingerprint density at radius 3 is 2.89 bits per heavy atom. The lowest BCUT2D eigenvalue weighted by Crippen LogP contribution is -1.97. The zero-order chi connectivity index (χ0) is 6.69. The maximum absolute atomic E-state index is 8.81. The quantitative estimate of drug-likeness (QED) is 0.426. The van der Waals surface area contributed by atoms with E-state index in [-0.39, 0.29) is 0 Å². The van der Waals surface area contributed by atoms with Gasteiger partial charge in [-0.15, -0.1) is 5.73 Å². The Morgan fingerprint density at radius 1 is 1.67 bits per heavy atom. The Balaban J connectivity index is 2.77. The van der Waals surface area contributed by atoms with Crippen molar-refractivity contribution in [1.82, 2.24) is 0 Å². The number of aliphatic hydroxyl groups is 1. The lowest BCUT2D eigenvalue weighted by Gasteiger charge is -1.99. The Kier molecular flexibility index (Phi) is 2.14. The summed E-state index contributed by atoms with van der Waals surface area (Å²) >= 11 is 0.624. The molecule has 1 aliphatic carbocycles. The summed E-state index contributed by atoms with van der Waals surface area (Å²) in [5.41, 5.74) is 2.69. The van der Waals surface area contributed by atoms with Crippen molar-refractivity contribution in [1.29, 1.82) is 0 Å². The second-order valence-electron chi connectivity index (χ2n) is 1.62. The smallest absolute Gasteiger partial charge is 0.0980 e. The lowest BCUT2D eigenvalue weighted by molar-refractivity contribution is 0.271. The van der Waals surface area contributed by atoms with E-state index in [0.29, 0.717) is 16.9 Å². The largest absolute Gasteiger partial charge is 0.384 e.